The molecule has 0 aliphatic carbocycles. The van der Waals surface area contributed by atoms with Crippen LogP contribution in [0.4, 0.5) is 8.78 Å². The van der Waals surface area contributed by atoms with Crippen LogP contribution in [0.1, 0.15) is 6.42 Å². The van der Waals surface area contributed by atoms with Gasteiger partial charge in [-0.2, -0.15) is 0 Å². The lowest BCUT2D eigenvalue weighted by Gasteiger charge is -2.08. The van der Waals surface area contributed by atoms with Gasteiger partial charge in [0.1, 0.15) is 17.7 Å². The first kappa shape index (κ1) is 14.0. The lowest BCUT2D eigenvalue weighted by molar-refractivity contribution is 0.285. The highest BCUT2D eigenvalue weighted by Crippen LogP contribution is 2.19. The highest BCUT2D eigenvalue weighted by Gasteiger charge is 2.11. The summed E-state index contributed by atoms with van der Waals surface area (Å²) in [5.74, 6) is -2.43. The van der Waals surface area contributed by atoms with Crippen LogP contribution >= 0.6 is 0 Å². The molecule has 0 saturated carbocycles. The Kier molecular flexibility index (Phi) is 4.50. The molecule has 0 amide bonds. The smallest absolute Gasteiger partial charge is 0.190 e. The molecular weight excluding hydrogens is 249 g/mol. The highest BCUT2D eigenvalue weighted by atomic mass is 32.2. The number of ether oxygens (including phenoxy) is 1. The zero-order valence-corrected chi connectivity index (χ0v) is 10.1. The normalized spacial score (nSPS) is 11.5. The van der Waals surface area contributed by atoms with Gasteiger partial charge in [-0.25, -0.2) is 17.2 Å². The first-order valence-corrected chi connectivity index (χ1v) is 6.90. The van der Waals surface area contributed by atoms with Gasteiger partial charge in [-0.3, -0.25) is 0 Å². The molecule has 1 aromatic carbocycles. The van der Waals surface area contributed by atoms with Crippen LogP contribution in [0.5, 0.6) is 5.75 Å². The highest BCUT2D eigenvalue weighted by molar-refractivity contribution is 7.90. The fourth-order valence-electron chi connectivity index (χ4n) is 1.21. The van der Waals surface area contributed by atoms with Crippen LogP contribution in [-0.2, 0) is 9.84 Å². The van der Waals surface area contributed by atoms with Gasteiger partial charge in [-0.1, -0.05) is 5.46 Å². The molecule has 3 nitrogen and oxygen atoms in total. The summed E-state index contributed by atoms with van der Waals surface area (Å²) < 4.78 is 52.9. The van der Waals surface area contributed by atoms with Crippen molar-refractivity contribution in [3.8, 4) is 5.75 Å². The van der Waals surface area contributed by atoms with Crippen LogP contribution in [0.25, 0.3) is 0 Å². The maximum absolute atomic E-state index is 13.2. The summed E-state index contributed by atoms with van der Waals surface area (Å²) in [6.07, 6.45) is 1.25. The SMILES string of the molecule is [B]c1cc(F)c(OCCCS(C)(=O)=O)c(F)c1. The predicted octanol–water partition coefficient (Wildman–Crippen LogP) is 0.572. The first-order valence-electron chi connectivity index (χ1n) is 4.84. The van der Waals surface area contributed by atoms with Crippen molar-refractivity contribution < 1.29 is 21.9 Å². The van der Waals surface area contributed by atoms with Gasteiger partial charge in [-0.15, -0.1) is 0 Å². The van der Waals surface area contributed by atoms with E-state index in [4.69, 9.17) is 12.6 Å². The average molecular weight is 260 g/mol. The maximum Gasteiger partial charge on any atom is 0.190 e. The van der Waals surface area contributed by atoms with Gasteiger partial charge in [0, 0.05) is 6.26 Å². The molecule has 0 fully saturated rings. The third-order valence-corrected chi connectivity index (χ3v) is 2.96. The van der Waals surface area contributed by atoms with Crippen LogP contribution in [-0.4, -0.2) is 34.9 Å². The summed E-state index contributed by atoms with van der Waals surface area (Å²) in [6, 6.07) is 1.88. The third kappa shape index (κ3) is 4.72. The van der Waals surface area contributed by atoms with E-state index in [2.05, 4.69) is 0 Å². The number of hydrogen-bond acceptors (Lipinski definition) is 3. The maximum atomic E-state index is 13.2. The van der Waals surface area contributed by atoms with E-state index in [0.29, 0.717) is 0 Å². The van der Waals surface area contributed by atoms with Crippen molar-refractivity contribution in [3.63, 3.8) is 0 Å². The van der Waals surface area contributed by atoms with Crippen molar-refractivity contribution in [1.82, 2.24) is 0 Å². The van der Waals surface area contributed by atoms with Gasteiger partial charge >= 0.3 is 0 Å². The Bertz CT molecular complexity index is 479. The topological polar surface area (TPSA) is 43.4 Å². The zero-order valence-electron chi connectivity index (χ0n) is 9.24. The van der Waals surface area contributed by atoms with Crippen molar-refractivity contribution in [3.05, 3.63) is 23.8 Å². The second-order valence-electron chi connectivity index (χ2n) is 3.65. The van der Waals surface area contributed by atoms with Gasteiger partial charge < -0.3 is 4.74 Å². The quantitative estimate of drug-likeness (QED) is 0.574. The summed E-state index contributed by atoms with van der Waals surface area (Å²) in [5, 5.41) is 0. The van der Waals surface area contributed by atoms with Gasteiger partial charge in [0.25, 0.3) is 0 Å². The lowest BCUT2D eigenvalue weighted by Crippen LogP contribution is -2.11. The Morgan fingerprint density at radius 2 is 1.82 bits per heavy atom. The van der Waals surface area contributed by atoms with Crippen molar-refractivity contribution >= 4 is 23.1 Å². The molecule has 0 atom stereocenters. The van der Waals surface area contributed by atoms with Crippen molar-refractivity contribution in [2.75, 3.05) is 18.6 Å². The predicted molar refractivity (Wildman–Crippen MR) is 61.6 cm³/mol. The van der Waals surface area contributed by atoms with E-state index in [-0.39, 0.29) is 24.2 Å². The molecule has 0 saturated heterocycles. The molecule has 7 heteroatoms. The fraction of sp³-hybridized carbons (Fsp3) is 0.400. The molecular formula is C10H11BF2O3S. The molecule has 0 aliphatic rings. The largest absolute Gasteiger partial charge is 0.488 e. The second-order valence-corrected chi connectivity index (χ2v) is 5.91. The summed E-state index contributed by atoms with van der Waals surface area (Å²) in [5.41, 5.74) is -0.0384. The van der Waals surface area contributed by atoms with Crippen molar-refractivity contribution in [2.24, 2.45) is 0 Å². The Morgan fingerprint density at radius 1 is 1.29 bits per heavy atom. The molecule has 0 spiro atoms. The van der Waals surface area contributed by atoms with Crippen LogP contribution in [0, 0.1) is 11.6 Å². The minimum atomic E-state index is -3.09. The Morgan fingerprint density at radius 3 is 2.29 bits per heavy atom. The molecule has 1 rings (SSSR count). The molecule has 0 bridgehead atoms. The molecule has 0 heterocycles. The standard InChI is InChI=1S/C10H11BF2O3S/c1-17(14,15)4-2-3-16-10-8(12)5-7(11)6-9(10)13/h5-6H,2-4H2,1H3. The van der Waals surface area contributed by atoms with E-state index in [9.17, 15) is 17.2 Å². The minimum absolute atomic E-state index is 0.0384. The number of rotatable bonds is 5. The molecule has 0 aliphatic heterocycles. The van der Waals surface area contributed by atoms with Crippen LogP contribution in [0.2, 0.25) is 0 Å². The van der Waals surface area contributed by atoms with Crippen molar-refractivity contribution in [2.45, 2.75) is 6.42 Å². The first-order chi connectivity index (χ1) is 7.79. The number of hydrogen-bond donors (Lipinski definition) is 0. The van der Waals surface area contributed by atoms with E-state index in [1.165, 1.54) is 0 Å². The molecule has 2 radical (unpaired) electrons. The van der Waals surface area contributed by atoms with E-state index >= 15 is 0 Å². The Labute approximate surface area is 100 Å². The Balaban J connectivity index is 2.58. The van der Waals surface area contributed by atoms with Crippen molar-refractivity contribution in [1.29, 1.82) is 0 Å². The molecule has 0 aromatic heterocycles. The van der Waals surface area contributed by atoms with E-state index in [1.807, 2.05) is 0 Å². The summed E-state index contributed by atoms with van der Waals surface area (Å²) in [7, 11) is 2.13. The van der Waals surface area contributed by atoms with Crippen LogP contribution in [0.3, 0.4) is 0 Å². The Hall–Kier alpha value is -1.11. The van der Waals surface area contributed by atoms with E-state index < -0.39 is 27.2 Å². The zero-order chi connectivity index (χ0) is 13.1. The van der Waals surface area contributed by atoms with Crippen LogP contribution < -0.4 is 10.2 Å². The molecule has 0 N–H and O–H groups in total. The summed E-state index contributed by atoms with van der Waals surface area (Å²) >= 11 is 0. The molecule has 0 unspecified atom stereocenters. The van der Waals surface area contributed by atoms with Gasteiger partial charge in [-0.05, 0) is 18.6 Å². The molecule has 1 aromatic rings. The number of halogens is 2. The van der Waals surface area contributed by atoms with E-state index in [0.717, 1.165) is 18.4 Å². The van der Waals surface area contributed by atoms with E-state index in [1.54, 1.807) is 0 Å². The van der Waals surface area contributed by atoms with Gasteiger partial charge in [0.05, 0.1) is 12.4 Å². The number of benzene rings is 1. The van der Waals surface area contributed by atoms with Gasteiger partial charge in [0.15, 0.2) is 17.4 Å². The molecule has 17 heavy (non-hydrogen) atoms. The monoisotopic (exact) mass is 260 g/mol. The summed E-state index contributed by atoms with van der Waals surface area (Å²) in [4.78, 5) is 0. The number of sulfone groups is 1. The average Bonchev–Trinajstić information content (AvgIpc) is 2.13. The third-order valence-electron chi connectivity index (χ3n) is 1.93. The molecule has 92 valence electrons. The van der Waals surface area contributed by atoms with Crippen LogP contribution in [0.15, 0.2) is 12.1 Å². The summed E-state index contributed by atoms with van der Waals surface area (Å²) in [6.45, 7) is -0.0785. The second kappa shape index (κ2) is 5.49. The van der Waals surface area contributed by atoms with Gasteiger partial charge in [0.2, 0.25) is 0 Å². The fourth-order valence-corrected chi connectivity index (χ4v) is 1.85. The lowest BCUT2D eigenvalue weighted by atomic mass is 9.96. The minimum Gasteiger partial charge on any atom is -0.488 e.